The van der Waals surface area contributed by atoms with Crippen LogP contribution in [-0.2, 0) is 9.59 Å². The van der Waals surface area contributed by atoms with Crippen LogP contribution in [0.4, 0.5) is 0 Å². The summed E-state index contributed by atoms with van der Waals surface area (Å²) in [5.41, 5.74) is 0. The second-order valence-electron chi connectivity index (χ2n) is 4.82. The van der Waals surface area contributed by atoms with Gasteiger partial charge in [-0.05, 0) is 12.1 Å². The Kier molecular flexibility index (Phi) is 5.50. The molecule has 0 radical (unpaired) electrons. The van der Waals surface area contributed by atoms with Gasteiger partial charge in [0.15, 0.2) is 0 Å². The number of carboxylic acids is 1. The molecule has 1 amide bonds. The first-order chi connectivity index (χ1) is 9.99. The molecule has 1 saturated heterocycles. The summed E-state index contributed by atoms with van der Waals surface area (Å²) in [6.45, 7) is 0.0898. The van der Waals surface area contributed by atoms with Crippen LogP contribution in [0, 0.1) is 0 Å². The van der Waals surface area contributed by atoms with E-state index in [0.717, 1.165) is 4.90 Å². The Bertz CT molecular complexity index is 539. The number of halogens is 1. The molecule has 0 bridgehead atoms. The largest absolute Gasteiger partial charge is 0.480 e. The van der Waals surface area contributed by atoms with Gasteiger partial charge in [0.05, 0.1) is 11.1 Å². The van der Waals surface area contributed by atoms with Gasteiger partial charge in [-0.25, -0.2) is 4.79 Å². The lowest BCUT2D eigenvalue weighted by Crippen LogP contribution is -2.40. The standard InChI is InChI=1S/C14H16ClNO4S/c15-10-3-1-2-4-12(10)21-6-5-13(18)16-8-9(17)7-11(16)14(19)20/h1-4,9,11,17H,5-8H2,(H,19,20)/t9-,11-/m1/s1. The third-order valence-corrected chi connectivity index (χ3v) is 4.81. The third kappa shape index (κ3) is 4.12. The topological polar surface area (TPSA) is 77.8 Å². The molecule has 0 saturated carbocycles. The van der Waals surface area contributed by atoms with Crippen LogP contribution < -0.4 is 0 Å². The summed E-state index contributed by atoms with van der Waals surface area (Å²) < 4.78 is 0. The molecule has 1 aliphatic heterocycles. The number of likely N-dealkylation sites (tertiary alicyclic amines) is 1. The van der Waals surface area contributed by atoms with Gasteiger partial charge in [-0.15, -0.1) is 11.8 Å². The van der Waals surface area contributed by atoms with Crippen molar-refractivity contribution in [2.45, 2.75) is 29.9 Å². The van der Waals surface area contributed by atoms with Gasteiger partial charge >= 0.3 is 5.97 Å². The Morgan fingerprint density at radius 1 is 1.38 bits per heavy atom. The number of hydrogen-bond donors (Lipinski definition) is 2. The summed E-state index contributed by atoms with van der Waals surface area (Å²) in [6, 6.07) is 6.44. The number of nitrogens with zero attached hydrogens (tertiary/aromatic N) is 1. The molecule has 0 unspecified atom stereocenters. The van der Waals surface area contributed by atoms with Gasteiger partial charge in [0.1, 0.15) is 6.04 Å². The fraction of sp³-hybridized carbons (Fsp3) is 0.429. The quantitative estimate of drug-likeness (QED) is 0.806. The maximum Gasteiger partial charge on any atom is 0.326 e. The number of amides is 1. The highest BCUT2D eigenvalue weighted by molar-refractivity contribution is 7.99. The SMILES string of the molecule is O=C(O)[C@H]1C[C@@H](O)CN1C(=O)CCSc1ccccc1Cl. The van der Waals surface area contributed by atoms with Crippen molar-refractivity contribution in [3.05, 3.63) is 29.3 Å². The molecule has 0 spiro atoms. The lowest BCUT2D eigenvalue weighted by molar-refractivity contribution is -0.148. The van der Waals surface area contributed by atoms with Crippen LogP contribution in [0.1, 0.15) is 12.8 Å². The molecule has 0 aromatic heterocycles. The van der Waals surface area contributed by atoms with Gasteiger partial charge in [0, 0.05) is 30.0 Å². The average Bonchev–Trinajstić information content (AvgIpc) is 2.83. The van der Waals surface area contributed by atoms with E-state index < -0.39 is 18.1 Å². The van der Waals surface area contributed by atoms with E-state index in [1.807, 2.05) is 18.2 Å². The van der Waals surface area contributed by atoms with Crippen LogP contribution in [0.2, 0.25) is 5.02 Å². The van der Waals surface area contributed by atoms with Crippen molar-refractivity contribution >= 4 is 35.2 Å². The molecule has 7 heteroatoms. The van der Waals surface area contributed by atoms with Gasteiger partial charge in [-0.1, -0.05) is 23.7 Å². The number of thioether (sulfide) groups is 1. The van der Waals surface area contributed by atoms with Crippen LogP contribution in [0.15, 0.2) is 29.2 Å². The fourth-order valence-corrected chi connectivity index (χ4v) is 3.45. The zero-order valence-electron chi connectivity index (χ0n) is 11.2. The first-order valence-corrected chi connectivity index (χ1v) is 7.93. The van der Waals surface area contributed by atoms with E-state index >= 15 is 0 Å². The number of carboxylic acid groups (broad SMARTS) is 1. The zero-order valence-corrected chi connectivity index (χ0v) is 12.8. The van der Waals surface area contributed by atoms with Crippen molar-refractivity contribution in [1.29, 1.82) is 0 Å². The molecule has 1 fully saturated rings. The van der Waals surface area contributed by atoms with Crippen molar-refractivity contribution < 1.29 is 19.8 Å². The molecule has 1 aromatic carbocycles. The molecule has 2 atom stereocenters. The first-order valence-electron chi connectivity index (χ1n) is 6.56. The van der Waals surface area contributed by atoms with E-state index in [-0.39, 0.29) is 25.3 Å². The fourth-order valence-electron chi connectivity index (χ4n) is 2.28. The summed E-state index contributed by atoms with van der Waals surface area (Å²) in [4.78, 5) is 25.3. The van der Waals surface area contributed by atoms with Gasteiger partial charge in [0.25, 0.3) is 0 Å². The van der Waals surface area contributed by atoms with Crippen LogP contribution in [0.5, 0.6) is 0 Å². The van der Waals surface area contributed by atoms with Gasteiger partial charge in [-0.3, -0.25) is 4.79 Å². The van der Waals surface area contributed by atoms with Crippen LogP contribution >= 0.6 is 23.4 Å². The normalized spacial score (nSPS) is 21.5. The Labute approximate surface area is 131 Å². The molecule has 1 heterocycles. The highest BCUT2D eigenvalue weighted by atomic mass is 35.5. The molecule has 1 aliphatic rings. The molecule has 2 rings (SSSR count). The van der Waals surface area contributed by atoms with Gasteiger partial charge in [-0.2, -0.15) is 0 Å². The van der Waals surface area contributed by atoms with Crippen LogP contribution in [0.3, 0.4) is 0 Å². The summed E-state index contributed by atoms with van der Waals surface area (Å²) >= 11 is 7.48. The molecular formula is C14H16ClNO4S. The van der Waals surface area contributed by atoms with E-state index in [0.29, 0.717) is 10.8 Å². The molecule has 21 heavy (non-hydrogen) atoms. The van der Waals surface area contributed by atoms with Crippen molar-refractivity contribution in [1.82, 2.24) is 4.90 Å². The van der Waals surface area contributed by atoms with E-state index in [1.165, 1.54) is 16.7 Å². The zero-order chi connectivity index (χ0) is 15.4. The number of hydrogen-bond acceptors (Lipinski definition) is 4. The molecule has 114 valence electrons. The van der Waals surface area contributed by atoms with Crippen molar-refractivity contribution in [3.63, 3.8) is 0 Å². The molecule has 5 nitrogen and oxygen atoms in total. The number of aliphatic carboxylic acids is 1. The maximum absolute atomic E-state index is 12.1. The van der Waals surface area contributed by atoms with E-state index in [4.69, 9.17) is 16.7 Å². The third-order valence-electron chi connectivity index (χ3n) is 3.29. The van der Waals surface area contributed by atoms with Crippen molar-refractivity contribution in [2.24, 2.45) is 0 Å². The molecule has 0 aliphatic carbocycles. The lowest BCUT2D eigenvalue weighted by Gasteiger charge is -2.21. The highest BCUT2D eigenvalue weighted by Crippen LogP contribution is 2.27. The average molecular weight is 330 g/mol. The number of β-amino-alcohol motifs (C(OH)–C–C–N with tert-alkyl or cyclic N) is 1. The number of aliphatic hydroxyl groups excluding tert-OH is 1. The Morgan fingerprint density at radius 2 is 2.10 bits per heavy atom. The van der Waals surface area contributed by atoms with E-state index in [1.54, 1.807) is 6.07 Å². The number of benzene rings is 1. The van der Waals surface area contributed by atoms with Gasteiger partial charge in [0.2, 0.25) is 5.91 Å². The number of rotatable bonds is 5. The Morgan fingerprint density at radius 3 is 2.76 bits per heavy atom. The van der Waals surface area contributed by atoms with Crippen molar-refractivity contribution in [3.8, 4) is 0 Å². The minimum Gasteiger partial charge on any atom is -0.480 e. The predicted molar refractivity (Wildman–Crippen MR) is 80.6 cm³/mol. The summed E-state index contributed by atoms with van der Waals surface area (Å²) in [6.07, 6.45) is -0.447. The second kappa shape index (κ2) is 7.15. The highest BCUT2D eigenvalue weighted by Gasteiger charge is 2.38. The van der Waals surface area contributed by atoms with Gasteiger partial charge < -0.3 is 15.1 Å². The number of carbonyl (C=O) groups excluding carboxylic acids is 1. The summed E-state index contributed by atoms with van der Waals surface area (Å²) in [5, 5.41) is 19.2. The maximum atomic E-state index is 12.1. The summed E-state index contributed by atoms with van der Waals surface area (Å²) in [7, 11) is 0. The molecular weight excluding hydrogens is 314 g/mol. The molecule has 2 N–H and O–H groups in total. The first kappa shape index (κ1) is 16.1. The second-order valence-corrected chi connectivity index (χ2v) is 6.36. The monoisotopic (exact) mass is 329 g/mol. The Hall–Kier alpha value is -1.24. The van der Waals surface area contributed by atoms with Crippen LogP contribution in [-0.4, -0.2) is 51.4 Å². The van der Waals surface area contributed by atoms with Crippen LogP contribution in [0.25, 0.3) is 0 Å². The number of carbonyl (C=O) groups is 2. The smallest absolute Gasteiger partial charge is 0.326 e. The summed E-state index contributed by atoms with van der Waals surface area (Å²) in [5.74, 6) is -0.807. The lowest BCUT2D eigenvalue weighted by atomic mass is 10.2. The molecule has 1 aromatic rings. The van der Waals surface area contributed by atoms with Crippen molar-refractivity contribution in [2.75, 3.05) is 12.3 Å². The minimum atomic E-state index is -1.07. The predicted octanol–water partition coefficient (Wildman–Crippen LogP) is 1.87. The number of aliphatic hydroxyl groups is 1. The van der Waals surface area contributed by atoms with E-state index in [2.05, 4.69) is 0 Å². The van der Waals surface area contributed by atoms with E-state index in [9.17, 15) is 14.7 Å². The minimum absolute atomic E-state index is 0.0898. The Balaban J connectivity index is 1.87.